The molecule has 1 atom stereocenters. The van der Waals surface area contributed by atoms with Gasteiger partial charge >= 0.3 is 0 Å². The third kappa shape index (κ3) is 5.60. The molecule has 104 valence electrons. The lowest BCUT2D eigenvalue weighted by atomic mass is 10.1. The molecule has 1 aliphatic heterocycles. The van der Waals surface area contributed by atoms with Crippen LogP contribution in [0.15, 0.2) is 0 Å². The van der Waals surface area contributed by atoms with Crippen molar-refractivity contribution in [1.29, 1.82) is 5.26 Å². The second kappa shape index (κ2) is 9.66. The number of nitrogens with zero attached hydrogens (tertiary/aromatic N) is 3. The topological polar surface area (TPSA) is 30.3 Å². The van der Waals surface area contributed by atoms with E-state index in [1.165, 1.54) is 24.5 Å². The summed E-state index contributed by atoms with van der Waals surface area (Å²) in [5.41, 5.74) is 0. The van der Waals surface area contributed by atoms with Gasteiger partial charge in [-0.25, -0.2) is 0 Å². The molecule has 0 aromatic heterocycles. The van der Waals surface area contributed by atoms with Crippen LogP contribution >= 0.6 is 11.8 Å². The molecule has 1 fully saturated rings. The van der Waals surface area contributed by atoms with E-state index in [1.54, 1.807) is 0 Å². The highest BCUT2D eigenvalue weighted by Crippen LogP contribution is 2.11. The molecule has 1 saturated heterocycles. The molecule has 0 saturated carbocycles. The molecular weight excluding hydrogens is 242 g/mol. The number of hydrogen-bond donors (Lipinski definition) is 0. The SMILES string of the molecule is CCCC(C#N)N1CCN(CCCSCC)CC1. The van der Waals surface area contributed by atoms with Crippen LogP contribution in [0.4, 0.5) is 0 Å². The van der Waals surface area contributed by atoms with Crippen molar-refractivity contribution < 1.29 is 0 Å². The molecule has 0 aromatic rings. The van der Waals surface area contributed by atoms with Crippen LogP contribution in [0.3, 0.4) is 0 Å². The van der Waals surface area contributed by atoms with Crippen LogP contribution in [-0.2, 0) is 0 Å². The first-order chi connectivity index (χ1) is 8.81. The molecule has 0 aromatic carbocycles. The number of thioether (sulfide) groups is 1. The molecule has 3 nitrogen and oxygen atoms in total. The van der Waals surface area contributed by atoms with Crippen molar-refractivity contribution in [2.24, 2.45) is 0 Å². The van der Waals surface area contributed by atoms with Crippen molar-refractivity contribution in [2.75, 3.05) is 44.2 Å². The molecular formula is C14H27N3S. The van der Waals surface area contributed by atoms with E-state index in [1.807, 2.05) is 11.8 Å². The minimum atomic E-state index is 0.146. The van der Waals surface area contributed by atoms with Gasteiger partial charge in [-0.2, -0.15) is 17.0 Å². The average Bonchev–Trinajstić information content (AvgIpc) is 2.42. The lowest BCUT2D eigenvalue weighted by Crippen LogP contribution is -2.50. The van der Waals surface area contributed by atoms with Gasteiger partial charge in [-0.05, 0) is 30.9 Å². The molecule has 1 aliphatic rings. The standard InChI is InChI=1S/C14H27N3S/c1-3-6-14(13-15)17-10-8-16(9-11-17)7-5-12-18-4-2/h14H,3-12H2,1-2H3. The van der Waals surface area contributed by atoms with Crippen LogP contribution < -0.4 is 0 Å². The first kappa shape index (κ1) is 15.8. The van der Waals surface area contributed by atoms with Gasteiger partial charge in [0.15, 0.2) is 0 Å². The smallest absolute Gasteiger partial charge is 0.0978 e. The Labute approximate surface area is 117 Å². The summed E-state index contributed by atoms with van der Waals surface area (Å²) < 4.78 is 0. The first-order valence-electron chi connectivity index (χ1n) is 7.25. The minimum absolute atomic E-state index is 0.146. The molecule has 1 rings (SSSR count). The van der Waals surface area contributed by atoms with Crippen molar-refractivity contribution in [3.05, 3.63) is 0 Å². The Morgan fingerprint density at radius 2 is 1.94 bits per heavy atom. The fraction of sp³-hybridized carbons (Fsp3) is 0.929. The van der Waals surface area contributed by atoms with E-state index in [-0.39, 0.29) is 6.04 Å². The quantitative estimate of drug-likeness (QED) is 0.633. The zero-order chi connectivity index (χ0) is 13.2. The van der Waals surface area contributed by atoms with Crippen molar-refractivity contribution in [1.82, 2.24) is 9.80 Å². The molecule has 0 spiro atoms. The molecule has 1 unspecified atom stereocenters. The Morgan fingerprint density at radius 1 is 1.22 bits per heavy atom. The van der Waals surface area contributed by atoms with Crippen LogP contribution in [0.25, 0.3) is 0 Å². The summed E-state index contributed by atoms with van der Waals surface area (Å²) in [6.07, 6.45) is 3.42. The maximum atomic E-state index is 9.17. The van der Waals surface area contributed by atoms with E-state index >= 15 is 0 Å². The van der Waals surface area contributed by atoms with Gasteiger partial charge in [-0.3, -0.25) is 4.90 Å². The number of hydrogen-bond acceptors (Lipinski definition) is 4. The van der Waals surface area contributed by atoms with Gasteiger partial charge in [0, 0.05) is 26.2 Å². The van der Waals surface area contributed by atoms with Crippen LogP contribution in [0.1, 0.15) is 33.1 Å². The van der Waals surface area contributed by atoms with Gasteiger partial charge in [0.25, 0.3) is 0 Å². The van der Waals surface area contributed by atoms with Gasteiger partial charge in [-0.15, -0.1) is 0 Å². The summed E-state index contributed by atoms with van der Waals surface area (Å²) in [6.45, 7) is 10.0. The maximum absolute atomic E-state index is 9.17. The van der Waals surface area contributed by atoms with Crippen LogP contribution in [0.2, 0.25) is 0 Å². The van der Waals surface area contributed by atoms with Crippen molar-refractivity contribution in [2.45, 2.75) is 39.2 Å². The third-order valence-electron chi connectivity index (χ3n) is 3.53. The highest BCUT2D eigenvalue weighted by Gasteiger charge is 2.22. The average molecular weight is 269 g/mol. The van der Waals surface area contributed by atoms with E-state index in [0.29, 0.717) is 0 Å². The Balaban J connectivity index is 2.17. The van der Waals surface area contributed by atoms with E-state index < -0.39 is 0 Å². The van der Waals surface area contributed by atoms with Gasteiger partial charge in [0.2, 0.25) is 0 Å². The number of rotatable bonds is 8. The Bertz CT molecular complexity index is 244. The highest BCUT2D eigenvalue weighted by molar-refractivity contribution is 7.99. The predicted octanol–water partition coefficient (Wildman–Crippen LogP) is 2.44. The normalized spacial score (nSPS) is 19.6. The van der Waals surface area contributed by atoms with Crippen LogP contribution in [-0.4, -0.2) is 60.1 Å². The van der Waals surface area contributed by atoms with E-state index in [2.05, 4.69) is 29.7 Å². The number of piperazine rings is 1. The molecule has 0 radical (unpaired) electrons. The summed E-state index contributed by atoms with van der Waals surface area (Å²) in [7, 11) is 0. The summed E-state index contributed by atoms with van der Waals surface area (Å²) in [6, 6.07) is 2.60. The van der Waals surface area contributed by atoms with Gasteiger partial charge in [0.1, 0.15) is 0 Å². The maximum Gasteiger partial charge on any atom is 0.0978 e. The van der Waals surface area contributed by atoms with Crippen molar-refractivity contribution in [3.8, 4) is 6.07 Å². The van der Waals surface area contributed by atoms with E-state index in [0.717, 1.165) is 39.0 Å². The van der Waals surface area contributed by atoms with Crippen LogP contribution in [0.5, 0.6) is 0 Å². The molecule has 1 heterocycles. The molecule has 0 N–H and O–H groups in total. The second-order valence-electron chi connectivity index (χ2n) is 4.86. The molecule has 0 aliphatic carbocycles. The Kier molecular flexibility index (Phi) is 8.49. The lowest BCUT2D eigenvalue weighted by Gasteiger charge is -2.36. The molecule has 0 bridgehead atoms. The van der Waals surface area contributed by atoms with Crippen molar-refractivity contribution >= 4 is 11.8 Å². The third-order valence-corrected chi connectivity index (χ3v) is 4.51. The lowest BCUT2D eigenvalue weighted by molar-refractivity contribution is 0.111. The summed E-state index contributed by atoms with van der Waals surface area (Å²) in [4.78, 5) is 4.91. The minimum Gasteiger partial charge on any atom is -0.301 e. The number of nitriles is 1. The molecule has 0 amide bonds. The summed E-state index contributed by atoms with van der Waals surface area (Å²) >= 11 is 2.03. The fourth-order valence-electron chi connectivity index (χ4n) is 2.44. The Hall–Kier alpha value is -0.240. The summed E-state index contributed by atoms with van der Waals surface area (Å²) in [5, 5.41) is 9.17. The Morgan fingerprint density at radius 3 is 2.50 bits per heavy atom. The monoisotopic (exact) mass is 269 g/mol. The van der Waals surface area contributed by atoms with Gasteiger partial charge < -0.3 is 4.90 Å². The van der Waals surface area contributed by atoms with Crippen molar-refractivity contribution in [3.63, 3.8) is 0 Å². The zero-order valence-corrected chi connectivity index (χ0v) is 12.7. The predicted molar refractivity (Wildman–Crippen MR) is 79.9 cm³/mol. The first-order valence-corrected chi connectivity index (χ1v) is 8.41. The van der Waals surface area contributed by atoms with Gasteiger partial charge in [-0.1, -0.05) is 20.3 Å². The van der Waals surface area contributed by atoms with E-state index in [4.69, 9.17) is 5.26 Å². The highest BCUT2D eigenvalue weighted by atomic mass is 32.2. The largest absolute Gasteiger partial charge is 0.301 e. The molecule has 4 heteroatoms. The zero-order valence-electron chi connectivity index (χ0n) is 11.9. The van der Waals surface area contributed by atoms with Crippen LogP contribution in [0, 0.1) is 11.3 Å². The second-order valence-corrected chi connectivity index (χ2v) is 6.26. The summed E-state index contributed by atoms with van der Waals surface area (Å²) in [5.74, 6) is 2.52. The molecule has 18 heavy (non-hydrogen) atoms. The van der Waals surface area contributed by atoms with E-state index in [9.17, 15) is 0 Å². The fourth-order valence-corrected chi connectivity index (χ4v) is 3.06. The van der Waals surface area contributed by atoms with Gasteiger partial charge in [0.05, 0.1) is 12.1 Å².